The van der Waals surface area contributed by atoms with Crippen molar-refractivity contribution in [3.63, 3.8) is 0 Å². The third kappa shape index (κ3) is 1.37. The molecule has 5 heteroatoms. The van der Waals surface area contributed by atoms with E-state index in [1.165, 1.54) is 0 Å². The minimum absolute atomic E-state index is 0.0706. The van der Waals surface area contributed by atoms with Crippen molar-refractivity contribution in [2.24, 2.45) is 4.99 Å². The van der Waals surface area contributed by atoms with Crippen molar-refractivity contribution < 1.29 is 14.9 Å². The monoisotopic (exact) mass is 154 g/mol. The number of ether oxygens (including phenoxy) is 1. The van der Waals surface area contributed by atoms with Crippen LogP contribution in [0.15, 0.2) is 28.5 Å². The SMILES string of the molecule is N=CC1=C(O)N=COC=C1O. The van der Waals surface area contributed by atoms with Crippen LogP contribution in [0.25, 0.3) is 0 Å². The molecule has 0 fully saturated rings. The first-order valence-corrected chi connectivity index (χ1v) is 2.77. The number of nitrogens with zero attached hydrogens (tertiary/aromatic N) is 1. The van der Waals surface area contributed by atoms with Gasteiger partial charge in [-0.15, -0.1) is 0 Å². The fourth-order valence-electron chi connectivity index (χ4n) is 0.561. The number of hydrogen-bond acceptors (Lipinski definition) is 5. The van der Waals surface area contributed by atoms with Crippen molar-refractivity contribution in [1.82, 2.24) is 0 Å². The standard InChI is InChI=1S/C6H6N2O3/c7-1-4-5(9)2-11-3-8-6(4)10/h1-3,7,9-10H. The molecule has 0 saturated carbocycles. The Morgan fingerprint density at radius 2 is 2.27 bits per heavy atom. The molecule has 1 aliphatic rings. The van der Waals surface area contributed by atoms with E-state index in [-0.39, 0.29) is 11.3 Å². The Bertz CT molecular complexity index is 265. The summed E-state index contributed by atoms with van der Waals surface area (Å²) in [6, 6.07) is 0. The Kier molecular flexibility index (Phi) is 1.91. The van der Waals surface area contributed by atoms with E-state index in [0.717, 1.165) is 18.9 Å². The number of aliphatic imine (C=N–C) groups is 1. The maximum Gasteiger partial charge on any atom is 0.226 e. The molecule has 0 bridgehead atoms. The van der Waals surface area contributed by atoms with Gasteiger partial charge in [-0.05, 0) is 0 Å². The highest BCUT2D eigenvalue weighted by Crippen LogP contribution is 2.11. The maximum atomic E-state index is 9.01. The van der Waals surface area contributed by atoms with Gasteiger partial charge in [0.2, 0.25) is 5.88 Å². The number of aliphatic hydroxyl groups is 2. The first kappa shape index (κ1) is 7.33. The summed E-state index contributed by atoms with van der Waals surface area (Å²) in [5, 5.41) is 24.8. The van der Waals surface area contributed by atoms with Crippen LogP contribution in [0.3, 0.4) is 0 Å². The number of rotatable bonds is 1. The molecular weight excluding hydrogens is 148 g/mol. The predicted molar refractivity (Wildman–Crippen MR) is 38.7 cm³/mol. The zero-order valence-corrected chi connectivity index (χ0v) is 5.48. The average molecular weight is 154 g/mol. The molecule has 11 heavy (non-hydrogen) atoms. The fourth-order valence-corrected chi connectivity index (χ4v) is 0.561. The molecule has 0 unspecified atom stereocenters. The van der Waals surface area contributed by atoms with Crippen molar-refractivity contribution in [1.29, 1.82) is 5.41 Å². The molecule has 0 saturated heterocycles. The van der Waals surface area contributed by atoms with E-state index >= 15 is 0 Å². The Hall–Kier alpha value is -1.78. The van der Waals surface area contributed by atoms with Crippen LogP contribution in [-0.4, -0.2) is 22.8 Å². The van der Waals surface area contributed by atoms with Crippen molar-refractivity contribution in [3.8, 4) is 0 Å². The number of nitrogens with one attached hydrogen (secondary N) is 1. The molecule has 0 aromatic carbocycles. The van der Waals surface area contributed by atoms with Crippen LogP contribution in [0.1, 0.15) is 0 Å². The van der Waals surface area contributed by atoms with Gasteiger partial charge < -0.3 is 20.4 Å². The summed E-state index contributed by atoms with van der Waals surface area (Å²) in [4.78, 5) is 3.35. The van der Waals surface area contributed by atoms with Gasteiger partial charge in [-0.1, -0.05) is 0 Å². The van der Waals surface area contributed by atoms with E-state index < -0.39 is 5.88 Å². The predicted octanol–water partition coefficient (Wildman–Crippen LogP) is 0.863. The molecule has 1 heterocycles. The van der Waals surface area contributed by atoms with Crippen LogP contribution < -0.4 is 0 Å². The maximum absolute atomic E-state index is 9.01. The minimum atomic E-state index is -0.439. The molecule has 0 aliphatic carbocycles. The largest absolute Gasteiger partial charge is 0.504 e. The Balaban J connectivity index is 3.11. The molecule has 0 spiro atoms. The van der Waals surface area contributed by atoms with Crippen molar-refractivity contribution in [2.45, 2.75) is 0 Å². The van der Waals surface area contributed by atoms with Gasteiger partial charge in [0.05, 0.1) is 5.57 Å². The van der Waals surface area contributed by atoms with Gasteiger partial charge in [-0.2, -0.15) is 4.99 Å². The van der Waals surface area contributed by atoms with Crippen molar-refractivity contribution in [3.05, 3.63) is 23.5 Å². The second kappa shape index (κ2) is 2.87. The number of hydrogen-bond donors (Lipinski definition) is 3. The zero-order chi connectivity index (χ0) is 8.27. The van der Waals surface area contributed by atoms with E-state index in [9.17, 15) is 0 Å². The van der Waals surface area contributed by atoms with E-state index in [0.29, 0.717) is 0 Å². The van der Waals surface area contributed by atoms with Gasteiger partial charge in [0.1, 0.15) is 6.26 Å². The second-order valence-corrected chi connectivity index (χ2v) is 1.76. The fraction of sp³-hybridized carbons (Fsp3) is 0. The summed E-state index contributed by atoms with van der Waals surface area (Å²) in [6.07, 6.45) is 2.72. The third-order valence-electron chi connectivity index (χ3n) is 1.08. The zero-order valence-electron chi connectivity index (χ0n) is 5.48. The molecule has 0 atom stereocenters. The molecule has 5 nitrogen and oxygen atoms in total. The van der Waals surface area contributed by atoms with E-state index in [1.807, 2.05) is 0 Å². The normalized spacial score (nSPS) is 16.9. The first-order chi connectivity index (χ1) is 5.25. The minimum Gasteiger partial charge on any atom is -0.504 e. The lowest BCUT2D eigenvalue weighted by molar-refractivity contribution is 0.375. The van der Waals surface area contributed by atoms with Crippen LogP contribution >= 0.6 is 0 Å². The summed E-state index contributed by atoms with van der Waals surface area (Å²) in [7, 11) is 0. The van der Waals surface area contributed by atoms with E-state index in [2.05, 4.69) is 9.73 Å². The van der Waals surface area contributed by atoms with Gasteiger partial charge >= 0.3 is 0 Å². The van der Waals surface area contributed by atoms with Crippen LogP contribution in [0.4, 0.5) is 0 Å². The lowest BCUT2D eigenvalue weighted by atomic mass is 10.2. The molecule has 0 radical (unpaired) electrons. The molecule has 0 aromatic heterocycles. The summed E-state index contributed by atoms with van der Waals surface area (Å²) < 4.78 is 4.50. The first-order valence-electron chi connectivity index (χ1n) is 2.77. The molecule has 1 aliphatic heterocycles. The van der Waals surface area contributed by atoms with Gasteiger partial charge in [0, 0.05) is 6.21 Å². The number of aliphatic hydroxyl groups excluding tert-OH is 2. The quantitative estimate of drug-likeness (QED) is 0.489. The summed E-state index contributed by atoms with van der Waals surface area (Å²) in [5.74, 6) is -0.763. The van der Waals surface area contributed by atoms with Crippen LogP contribution in [0, 0.1) is 5.41 Å². The lowest BCUT2D eigenvalue weighted by Gasteiger charge is -1.95. The Labute approximate surface area is 62.5 Å². The molecule has 3 N–H and O–H groups in total. The van der Waals surface area contributed by atoms with Gasteiger partial charge in [-0.25, -0.2) is 0 Å². The van der Waals surface area contributed by atoms with Gasteiger partial charge in [0.25, 0.3) is 0 Å². The van der Waals surface area contributed by atoms with Crippen molar-refractivity contribution in [2.75, 3.05) is 0 Å². The average Bonchev–Trinajstić information content (AvgIpc) is 2.12. The third-order valence-corrected chi connectivity index (χ3v) is 1.08. The molecule has 0 amide bonds. The highest BCUT2D eigenvalue weighted by atomic mass is 16.5. The molecule has 1 rings (SSSR count). The van der Waals surface area contributed by atoms with Gasteiger partial charge in [0.15, 0.2) is 12.2 Å². The van der Waals surface area contributed by atoms with Gasteiger partial charge in [-0.3, -0.25) is 0 Å². The highest BCUT2D eigenvalue weighted by Gasteiger charge is 2.09. The van der Waals surface area contributed by atoms with Crippen LogP contribution in [-0.2, 0) is 4.74 Å². The van der Waals surface area contributed by atoms with E-state index in [4.69, 9.17) is 15.6 Å². The molecule has 58 valence electrons. The highest BCUT2D eigenvalue weighted by molar-refractivity contribution is 5.82. The van der Waals surface area contributed by atoms with Crippen molar-refractivity contribution >= 4 is 12.6 Å². The lowest BCUT2D eigenvalue weighted by Crippen LogP contribution is -1.93. The Morgan fingerprint density at radius 3 is 2.91 bits per heavy atom. The molecular formula is C6H6N2O3. The smallest absolute Gasteiger partial charge is 0.226 e. The van der Waals surface area contributed by atoms with E-state index in [1.54, 1.807) is 0 Å². The molecule has 0 aromatic rings. The Morgan fingerprint density at radius 1 is 1.55 bits per heavy atom. The second-order valence-electron chi connectivity index (χ2n) is 1.76. The topological polar surface area (TPSA) is 85.9 Å². The van der Waals surface area contributed by atoms with Crippen LogP contribution in [0.5, 0.6) is 0 Å². The van der Waals surface area contributed by atoms with Crippen LogP contribution in [0.2, 0.25) is 0 Å². The summed E-state index contributed by atoms with van der Waals surface area (Å²) in [6.45, 7) is 0. The summed E-state index contributed by atoms with van der Waals surface area (Å²) in [5.41, 5.74) is -0.0706. The number of allylic oxidation sites excluding steroid dienone is 1. The summed E-state index contributed by atoms with van der Waals surface area (Å²) >= 11 is 0.